The number of aryl methyl sites for hydroxylation is 1. The van der Waals surface area contributed by atoms with Crippen LogP contribution in [0.2, 0.25) is 0 Å². The quantitative estimate of drug-likeness (QED) is 0.695. The van der Waals surface area contributed by atoms with Crippen LogP contribution in [0.25, 0.3) is 0 Å². The van der Waals surface area contributed by atoms with Crippen LogP contribution < -0.4 is 9.47 Å². The zero-order valence-corrected chi connectivity index (χ0v) is 10.4. The van der Waals surface area contributed by atoms with Crippen molar-refractivity contribution in [3.8, 4) is 11.5 Å². The van der Waals surface area contributed by atoms with Crippen LogP contribution in [0.3, 0.4) is 0 Å². The predicted octanol–water partition coefficient (Wildman–Crippen LogP) is 2.81. The SMILES string of the molecule is COc1cc(OCCOC(C)C)ccc1C. The first-order valence-corrected chi connectivity index (χ1v) is 5.52. The van der Waals surface area contributed by atoms with Gasteiger partial charge >= 0.3 is 0 Å². The first-order chi connectivity index (χ1) is 7.63. The molecule has 16 heavy (non-hydrogen) atoms. The summed E-state index contributed by atoms with van der Waals surface area (Å²) in [6.45, 7) is 7.19. The summed E-state index contributed by atoms with van der Waals surface area (Å²) in [7, 11) is 1.66. The number of rotatable bonds is 6. The molecule has 0 bridgehead atoms. The van der Waals surface area contributed by atoms with E-state index >= 15 is 0 Å². The summed E-state index contributed by atoms with van der Waals surface area (Å²) in [4.78, 5) is 0. The molecule has 0 radical (unpaired) electrons. The van der Waals surface area contributed by atoms with Gasteiger partial charge in [-0.2, -0.15) is 0 Å². The lowest BCUT2D eigenvalue weighted by molar-refractivity contribution is 0.0552. The van der Waals surface area contributed by atoms with Gasteiger partial charge in [-0.3, -0.25) is 0 Å². The van der Waals surface area contributed by atoms with Gasteiger partial charge in [-0.25, -0.2) is 0 Å². The van der Waals surface area contributed by atoms with Crippen molar-refractivity contribution in [3.63, 3.8) is 0 Å². The van der Waals surface area contributed by atoms with Crippen molar-refractivity contribution in [2.75, 3.05) is 20.3 Å². The summed E-state index contributed by atoms with van der Waals surface area (Å²) >= 11 is 0. The van der Waals surface area contributed by atoms with Gasteiger partial charge in [0.25, 0.3) is 0 Å². The molecule has 3 nitrogen and oxygen atoms in total. The van der Waals surface area contributed by atoms with Crippen molar-refractivity contribution >= 4 is 0 Å². The van der Waals surface area contributed by atoms with E-state index in [9.17, 15) is 0 Å². The van der Waals surface area contributed by atoms with Crippen LogP contribution in [0, 0.1) is 6.92 Å². The summed E-state index contributed by atoms with van der Waals surface area (Å²) < 4.78 is 16.2. The van der Waals surface area contributed by atoms with Crippen LogP contribution in [0.1, 0.15) is 19.4 Å². The molecule has 0 atom stereocenters. The summed E-state index contributed by atoms with van der Waals surface area (Å²) in [5.41, 5.74) is 1.10. The first-order valence-electron chi connectivity index (χ1n) is 5.52. The van der Waals surface area contributed by atoms with Gasteiger partial charge in [-0.1, -0.05) is 6.07 Å². The first kappa shape index (κ1) is 12.8. The molecule has 0 unspecified atom stereocenters. The summed E-state index contributed by atoms with van der Waals surface area (Å²) in [5, 5.41) is 0. The van der Waals surface area contributed by atoms with Crippen LogP contribution in [0.5, 0.6) is 11.5 Å². The maximum absolute atomic E-state index is 5.55. The van der Waals surface area contributed by atoms with Gasteiger partial charge in [-0.15, -0.1) is 0 Å². The van der Waals surface area contributed by atoms with Crippen molar-refractivity contribution in [1.29, 1.82) is 0 Å². The van der Waals surface area contributed by atoms with Gasteiger partial charge in [0.15, 0.2) is 0 Å². The van der Waals surface area contributed by atoms with E-state index < -0.39 is 0 Å². The van der Waals surface area contributed by atoms with Crippen molar-refractivity contribution in [3.05, 3.63) is 23.8 Å². The monoisotopic (exact) mass is 224 g/mol. The maximum atomic E-state index is 5.55. The second-order valence-electron chi connectivity index (χ2n) is 3.90. The van der Waals surface area contributed by atoms with Crippen LogP contribution in [0.4, 0.5) is 0 Å². The molecule has 0 aliphatic carbocycles. The van der Waals surface area contributed by atoms with Gasteiger partial charge in [0, 0.05) is 6.07 Å². The predicted molar refractivity (Wildman–Crippen MR) is 64.3 cm³/mol. The normalized spacial score (nSPS) is 10.6. The number of hydrogen-bond donors (Lipinski definition) is 0. The van der Waals surface area contributed by atoms with Crippen LogP contribution in [-0.4, -0.2) is 26.4 Å². The van der Waals surface area contributed by atoms with Gasteiger partial charge in [0.1, 0.15) is 18.1 Å². The highest BCUT2D eigenvalue weighted by molar-refractivity contribution is 5.39. The third-order valence-electron chi connectivity index (χ3n) is 2.18. The van der Waals surface area contributed by atoms with Gasteiger partial charge < -0.3 is 14.2 Å². The standard InChI is InChI=1S/C13H20O3/c1-10(2)15-7-8-16-12-6-5-11(3)13(9-12)14-4/h5-6,9-10H,7-8H2,1-4H3. The average molecular weight is 224 g/mol. The number of methoxy groups -OCH3 is 1. The summed E-state index contributed by atoms with van der Waals surface area (Å²) in [6, 6.07) is 5.81. The Balaban J connectivity index is 2.42. The van der Waals surface area contributed by atoms with E-state index in [1.807, 2.05) is 39.0 Å². The lowest BCUT2D eigenvalue weighted by Crippen LogP contribution is -2.11. The van der Waals surface area contributed by atoms with E-state index in [-0.39, 0.29) is 6.10 Å². The largest absolute Gasteiger partial charge is 0.496 e. The van der Waals surface area contributed by atoms with Crippen LogP contribution >= 0.6 is 0 Å². The van der Waals surface area contributed by atoms with Crippen molar-refractivity contribution in [2.45, 2.75) is 26.9 Å². The van der Waals surface area contributed by atoms with Crippen molar-refractivity contribution in [1.82, 2.24) is 0 Å². The van der Waals surface area contributed by atoms with E-state index in [1.54, 1.807) is 7.11 Å². The third-order valence-corrected chi connectivity index (χ3v) is 2.18. The van der Waals surface area contributed by atoms with E-state index in [2.05, 4.69) is 0 Å². The molecule has 0 N–H and O–H groups in total. The van der Waals surface area contributed by atoms with E-state index in [4.69, 9.17) is 14.2 Å². The zero-order chi connectivity index (χ0) is 12.0. The Bertz CT molecular complexity index is 321. The van der Waals surface area contributed by atoms with Crippen molar-refractivity contribution in [2.24, 2.45) is 0 Å². The molecular formula is C13H20O3. The molecule has 3 heteroatoms. The molecule has 0 spiro atoms. The average Bonchev–Trinajstić information content (AvgIpc) is 2.26. The maximum Gasteiger partial charge on any atom is 0.125 e. The lowest BCUT2D eigenvalue weighted by Gasteiger charge is -2.11. The Morgan fingerprint density at radius 3 is 2.56 bits per heavy atom. The van der Waals surface area contributed by atoms with E-state index in [1.165, 1.54) is 0 Å². The highest BCUT2D eigenvalue weighted by Crippen LogP contribution is 2.23. The molecule has 1 rings (SSSR count). The molecule has 0 aliphatic heterocycles. The molecule has 0 heterocycles. The minimum Gasteiger partial charge on any atom is -0.496 e. The van der Waals surface area contributed by atoms with E-state index in [0.29, 0.717) is 13.2 Å². The van der Waals surface area contributed by atoms with Crippen LogP contribution in [0.15, 0.2) is 18.2 Å². The number of hydrogen-bond acceptors (Lipinski definition) is 3. The molecule has 0 fully saturated rings. The summed E-state index contributed by atoms with van der Waals surface area (Å²) in [6.07, 6.45) is 0.246. The molecule has 0 aromatic heterocycles. The number of benzene rings is 1. The lowest BCUT2D eigenvalue weighted by atomic mass is 10.2. The minimum absolute atomic E-state index is 0.246. The van der Waals surface area contributed by atoms with Gasteiger partial charge in [-0.05, 0) is 32.4 Å². The third kappa shape index (κ3) is 4.11. The van der Waals surface area contributed by atoms with E-state index in [0.717, 1.165) is 17.1 Å². The molecule has 0 amide bonds. The molecule has 0 aliphatic rings. The molecule has 0 saturated heterocycles. The smallest absolute Gasteiger partial charge is 0.125 e. The highest BCUT2D eigenvalue weighted by Gasteiger charge is 2.01. The van der Waals surface area contributed by atoms with Gasteiger partial charge in [0.05, 0.1) is 19.8 Å². The second-order valence-corrected chi connectivity index (χ2v) is 3.90. The molecule has 90 valence electrons. The Morgan fingerprint density at radius 2 is 1.94 bits per heavy atom. The highest BCUT2D eigenvalue weighted by atomic mass is 16.5. The fourth-order valence-electron chi connectivity index (χ4n) is 1.33. The molecule has 0 saturated carbocycles. The topological polar surface area (TPSA) is 27.7 Å². The fraction of sp³-hybridized carbons (Fsp3) is 0.538. The molecule has 1 aromatic carbocycles. The number of ether oxygens (including phenoxy) is 3. The Kier molecular flexibility index (Phi) is 5.12. The minimum atomic E-state index is 0.246. The zero-order valence-electron chi connectivity index (χ0n) is 10.4. The fourth-order valence-corrected chi connectivity index (χ4v) is 1.33. The van der Waals surface area contributed by atoms with Gasteiger partial charge in [0.2, 0.25) is 0 Å². The summed E-state index contributed by atoms with van der Waals surface area (Å²) in [5.74, 6) is 1.66. The Hall–Kier alpha value is -1.22. The van der Waals surface area contributed by atoms with Crippen LogP contribution in [-0.2, 0) is 4.74 Å². The molecule has 1 aromatic rings. The Morgan fingerprint density at radius 1 is 1.19 bits per heavy atom. The second kappa shape index (κ2) is 6.38. The molecular weight excluding hydrogens is 204 g/mol. The van der Waals surface area contributed by atoms with Crippen molar-refractivity contribution < 1.29 is 14.2 Å². The Labute approximate surface area is 97.3 Å².